The molecule has 35 heavy (non-hydrogen) atoms. The topological polar surface area (TPSA) is 27.7 Å². The van der Waals surface area contributed by atoms with E-state index in [1.54, 1.807) is 0 Å². The molecule has 3 nitrogen and oxygen atoms in total. The summed E-state index contributed by atoms with van der Waals surface area (Å²) in [7, 11) is 0. The summed E-state index contributed by atoms with van der Waals surface area (Å²) in [4.78, 5) is 0. The number of benzene rings is 4. The molecule has 6 rings (SSSR count). The SMILES string of the molecule is c1ccc(-c2ccc3c4c(cccc24)-c2c4ccc(c2-3)CCCOCCOCCOCCC4)cc1. The third-order valence-electron chi connectivity index (χ3n) is 7.26. The summed E-state index contributed by atoms with van der Waals surface area (Å²) in [6.07, 6.45) is 4.05. The van der Waals surface area contributed by atoms with Crippen LogP contribution < -0.4 is 0 Å². The number of rotatable bonds is 1. The molecule has 2 bridgehead atoms. The zero-order valence-corrected chi connectivity index (χ0v) is 20.2. The molecule has 178 valence electrons. The number of aryl methyl sites for hydroxylation is 2. The molecule has 0 N–H and O–H groups in total. The van der Waals surface area contributed by atoms with E-state index < -0.39 is 0 Å². The molecular weight excluding hydrogens is 432 g/mol. The van der Waals surface area contributed by atoms with Gasteiger partial charge in [0.05, 0.1) is 26.4 Å². The number of hydrogen-bond acceptors (Lipinski definition) is 3. The van der Waals surface area contributed by atoms with E-state index in [2.05, 4.69) is 72.8 Å². The smallest absolute Gasteiger partial charge is 0.0701 e. The van der Waals surface area contributed by atoms with Crippen molar-refractivity contribution in [1.82, 2.24) is 0 Å². The molecule has 1 aliphatic carbocycles. The van der Waals surface area contributed by atoms with Crippen LogP contribution in [0, 0.1) is 0 Å². The highest BCUT2D eigenvalue weighted by Crippen LogP contribution is 2.52. The van der Waals surface area contributed by atoms with Gasteiger partial charge in [-0.1, -0.05) is 72.8 Å². The Morgan fingerprint density at radius 2 is 1.03 bits per heavy atom. The van der Waals surface area contributed by atoms with Crippen molar-refractivity contribution < 1.29 is 14.2 Å². The molecule has 3 heteroatoms. The molecule has 1 aliphatic heterocycles. The van der Waals surface area contributed by atoms with E-state index in [0.717, 1.165) is 38.9 Å². The summed E-state index contributed by atoms with van der Waals surface area (Å²) in [6, 6.07) is 27.0. The number of ether oxygens (including phenoxy) is 3. The van der Waals surface area contributed by atoms with Gasteiger partial charge in [-0.05, 0) is 81.0 Å². The van der Waals surface area contributed by atoms with E-state index in [4.69, 9.17) is 14.2 Å². The van der Waals surface area contributed by atoms with Crippen LogP contribution in [0.3, 0.4) is 0 Å². The Labute approximate surface area is 207 Å². The molecule has 4 aromatic rings. The zero-order valence-electron chi connectivity index (χ0n) is 20.2. The Balaban J connectivity index is 1.46. The first-order valence-corrected chi connectivity index (χ1v) is 12.9. The van der Waals surface area contributed by atoms with E-state index in [9.17, 15) is 0 Å². The molecule has 1 heterocycles. The second-order valence-corrected chi connectivity index (χ2v) is 9.43. The lowest BCUT2D eigenvalue weighted by Crippen LogP contribution is -2.10. The molecule has 4 aromatic carbocycles. The third kappa shape index (κ3) is 4.40. The van der Waals surface area contributed by atoms with E-state index in [1.807, 2.05) is 0 Å². The summed E-state index contributed by atoms with van der Waals surface area (Å²) >= 11 is 0. The lowest BCUT2D eigenvalue weighted by molar-refractivity contribution is 0.0139. The fourth-order valence-corrected chi connectivity index (χ4v) is 5.68. The van der Waals surface area contributed by atoms with Gasteiger partial charge < -0.3 is 14.2 Å². The van der Waals surface area contributed by atoms with Crippen molar-refractivity contribution in [2.75, 3.05) is 39.6 Å². The van der Waals surface area contributed by atoms with Crippen molar-refractivity contribution in [2.45, 2.75) is 25.7 Å². The van der Waals surface area contributed by atoms with Gasteiger partial charge in [0.25, 0.3) is 0 Å². The number of fused-ring (bicyclic) bond motifs is 8. The van der Waals surface area contributed by atoms with Crippen molar-refractivity contribution >= 4 is 10.8 Å². The van der Waals surface area contributed by atoms with Crippen LogP contribution in [0.2, 0.25) is 0 Å². The molecule has 0 atom stereocenters. The van der Waals surface area contributed by atoms with Crippen LogP contribution >= 0.6 is 0 Å². The van der Waals surface area contributed by atoms with Gasteiger partial charge in [-0.2, -0.15) is 0 Å². The second-order valence-electron chi connectivity index (χ2n) is 9.43. The summed E-state index contributed by atoms with van der Waals surface area (Å²) < 4.78 is 17.3. The fraction of sp³-hybridized carbons (Fsp3) is 0.312. The van der Waals surface area contributed by atoms with Crippen LogP contribution in [-0.2, 0) is 27.1 Å². The molecule has 0 saturated carbocycles. The van der Waals surface area contributed by atoms with E-state index in [-0.39, 0.29) is 0 Å². The minimum absolute atomic E-state index is 0.633. The third-order valence-corrected chi connectivity index (χ3v) is 7.26. The van der Waals surface area contributed by atoms with E-state index in [0.29, 0.717) is 26.4 Å². The van der Waals surface area contributed by atoms with Gasteiger partial charge in [-0.25, -0.2) is 0 Å². The van der Waals surface area contributed by atoms with Crippen molar-refractivity contribution in [2.24, 2.45) is 0 Å². The first kappa shape index (κ1) is 22.5. The standard InChI is InChI=1S/C32H32O3/c1-2-7-23(8-3-1)26-15-16-29-31-25-10-6-18-34-20-22-35-21-19-33-17-5-9-24(13-14-25)30(31)28-12-4-11-27(26)32(28)29/h1-4,7-8,11-16H,5-6,9-10,17-22H2. The maximum atomic E-state index is 5.84. The largest absolute Gasteiger partial charge is 0.379 e. The Kier molecular flexibility index (Phi) is 6.64. The lowest BCUT2D eigenvalue weighted by Gasteiger charge is -2.15. The fourth-order valence-electron chi connectivity index (χ4n) is 5.68. The highest BCUT2D eigenvalue weighted by atomic mass is 16.5. The predicted octanol–water partition coefficient (Wildman–Crippen LogP) is 7.08. The molecule has 0 unspecified atom stereocenters. The maximum Gasteiger partial charge on any atom is 0.0701 e. The minimum Gasteiger partial charge on any atom is -0.379 e. The Hall–Kier alpha value is -2.98. The van der Waals surface area contributed by atoms with Crippen molar-refractivity contribution in [3.05, 3.63) is 83.9 Å². The molecule has 0 saturated heterocycles. The summed E-state index contributed by atoms with van der Waals surface area (Å²) in [5.41, 5.74) is 11.1. The maximum absolute atomic E-state index is 5.84. The molecule has 2 aliphatic rings. The summed E-state index contributed by atoms with van der Waals surface area (Å²) in [6.45, 7) is 4.06. The van der Waals surface area contributed by atoms with Gasteiger partial charge in [0.1, 0.15) is 0 Å². The molecule has 0 aromatic heterocycles. The van der Waals surface area contributed by atoms with Gasteiger partial charge in [0.2, 0.25) is 0 Å². The Bertz CT molecular complexity index is 1280. The highest BCUT2D eigenvalue weighted by Gasteiger charge is 2.27. The van der Waals surface area contributed by atoms with Crippen LogP contribution in [-0.4, -0.2) is 39.6 Å². The normalized spacial score (nSPS) is 16.8. The Morgan fingerprint density at radius 1 is 0.457 bits per heavy atom. The van der Waals surface area contributed by atoms with Crippen molar-refractivity contribution in [1.29, 1.82) is 0 Å². The van der Waals surface area contributed by atoms with Crippen LogP contribution in [0.15, 0.2) is 72.8 Å². The van der Waals surface area contributed by atoms with Gasteiger partial charge in [0, 0.05) is 13.2 Å². The van der Waals surface area contributed by atoms with Crippen LogP contribution in [0.25, 0.3) is 44.2 Å². The van der Waals surface area contributed by atoms with Gasteiger partial charge in [-0.3, -0.25) is 0 Å². The highest BCUT2D eigenvalue weighted by molar-refractivity contribution is 6.19. The van der Waals surface area contributed by atoms with Crippen molar-refractivity contribution in [3.63, 3.8) is 0 Å². The summed E-state index contributed by atoms with van der Waals surface area (Å²) in [5, 5.41) is 2.74. The second kappa shape index (κ2) is 10.3. The Morgan fingerprint density at radius 3 is 1.69 bits per heavy atom. The summed E-state index contributed by atoms with van der Waals surface area (Å²) in [5.74, 6) is 0. The molecular formula is C32H32O3. The van der Waals surface area contributed by atoms with E-state index in [1.165, 1.54) is 55.3 Å². The predicted molar refractivity (Wildman–Crippen MR) is 143 cm³/mol. The first-order valence-electron chi connectivity index (χ1n) is 12.9. The first-order chi connectivity index (χ1) is 17.4. The molecule has 0 amide bonds. The van der Waals surface area contributed by atoms with Gasteiger partial charge in [0.15, 0.2) is 0 Å². The molecule has 0 radical (unpaired) electrons. The molecule has 0 fully saturated rings. The lowest BCUT2D eigenvalue weighted by atomic mass is 9.90. The average molecular weight is 465 g/mol. The van der Waals surface area contributed by atoms with Crippen LogP contribution in [0.4, 0.5) is 0 Å². The average Bonchev–Trinajstić information content (AvgIpc) is 3.24. The molecule has 0 spiro atoms. The van der Waals surface area contributed by atoms with Gasteiger partial charge in [-0.15, -0.1) is 0 Å². The van der Waals surface area contributed by atoms with Crippen molar-refractivity contribution in [3.8, 4) is 33.4 Å². The van der Waals surface area contributed by atoms with Gasteiger partial charge >= 0.3 is 0 Å². The van der Waals surface area contributed by atoms with E-state index >= 15 is 0 Å². The van der Waals surface area contributed by atoms with Crippen LogP contribution in [0.5, 0.6) is 0 Å². The van der Waals surface area contributed by atoms with Crippen LogP contribution in [0.1, 0.15) is 24.0 Å². The quantitative estimate of drug-likeness (QED) is 0.265. The zero-order chi connectivity index (χ0) is 23.5. The monoisotopic (exact) mass is 464 g/mol. The minimum atomic E-state index is 0.633. The number of hydrogen-bond donors (Lipinski definition) is 0.